The van der Waals surface area contributed by atoms with Crippen LogP contribution in [0.2, 0.25) is 0 Å². The summed E-state index contributed by atoms with van der Waals surface area (Å²) in [4.78, 5) is 12.5. The minimum Gasteiger partial charge on any atom is -0.390 e. The average molecular weight is 198 g/mol. The molecule has 0 aromatic rings. The number of nitrogens with zero attached hydrogens (tertiary/aromatic N) is 1. The number of aldehydes is 1. The first-order valence-corrected chi connectivity index (χ1v) is 5.15. The number of rotatable bonds is 7. The van der Waals surface area contributed by atoms with Gasteiger partial charge in [-0.25, -0.2) is 0 Å². The zero-order chi connectivity index (χ0) is 11.0. The van der Waals surface area contributed by atoms with Gasteiger partial charge in [-0.3, -0.25) is 0 Å². The highest BCUT2D eigenvalue weighted by Crippen LogP contribution is 2.11. The molecule has 0 aliphatic carbocycles. The van der Waals surface area contributed by atoms with Crippen molar-refractivity contribution in [3.63, 3.8) is 0 Å². The zero-order valence-corrected chi connectivity index (χ0v) is 9.71. The maximum Gasteiger partial charge on any atom is 0.120 e. The highest BCUT2D eigenvalue weighted by molar-refractivity contribution is 5.49. The van der Waals surface area contributed by atoms with Gasteiger partial charge in [0, 0.05) is 25.2 Å². The van der Waals surface area contributed by atoms with Gasteiger partial charge in [-0.05, 0) is 26.9 Å². The lowest BCUT2D eigenvalue weighted by Gasteiger charge is -2.26. The molecule has 82 valence electrons. The standard InChI is InChI=1S/C11H22N2O/c1-5-7-10(12-2)11(13(3)4)8-6-9-14/h7,9,11-12H,5-6,8H2,1-4H3/b10-7+. The molecular formula is C11H22N2O. The van der Waals surface area contributed by atoms with E-state index in [1.165, 1.54) is 5.70 Å². The molecule has 0 aliphatic rings. The molecule has 0 aromatic heterocycles. The van der Waals surface area contributed by atoms with Crippen molar-refractivity contribution in [1.82, 2.24) is 10.2 Å². The summed E-state index contributed by atoms with van der Waals surface area (Å²) in [5.74, 6) is 0. The van der Waals surface area contributed by atoms with Gasteiger partial charge >= 0.3 is 0 Å². The molecule has 3 heteroatoms. The molecule has 0 aliphatic heterocycles. The van der Waals surface area contributed by atoms with Crippen LogP contribution in [0.15, 0.2) is 11.8 Å². The van der Waals surface area contributed by atoms with Crippen molar-refractivity contribution in [2.75, 3.05) is 21.1 Å². The SMILES string of the molecule is CC/C=C(/NC)C(CCC=O)N(C)C. The molecule has 0 bridgehead atoms. The lowest BCUT2D eigenvalue weighted by molar-refractivity contribution is -0.108. The molecule has 0 amide bonds. The molecule has 1 N–H and O–H groups in total. The van der Waals surface area contributed by atoms with Crippen LogP contribution in [0.25, 0.3) is 0 Å². The molecule has 3 nitrogen and oxygen atoms in total. The summed E-state index contributed by atoms with van der Waals surface area (Å²) in [6, 6.07) is 0.324. The Morgan fingerprint density at radius 1 is 1.50 bits per heavy atom. The van der Waals surface area contributed by atoms with Crippen molar-refractivity contribution in [1.29, 1.82) is 0 Å². The average Bonchev–Trinajstić information content (AvgIpc) is 2.16. The number of hydrogen-bond donors (Lipinski definition) is 1. The van der Waals surface area contributed by atoms with Crippen molar-refractivity contribution in [3.05, 3.63) is 11.8 Å². The monoisotopic (exact) mass is 198 g/mol. The van der Waals surface area contributed by atoms with E-state index in [2.05, 4.69) is 23.2 Å². The van der Waals surface area contributed by atoms with Gasteiger partial charge < -0.3 is 15.0 Å². The van der Waals surface area contributed by atoms with Gasteiger partial charge in [-0.15, -0.1) is 0 Å². The molecule has 14 heavy (non-hydrogen) atoms. The van der Waals surface area contributed by atoms with Crippen molar-refractivity contribution in [2.45, 2.75) is 32.2 Å². The zero-order valence-electron chi connectivity index (χ0n) is 9.71. The normalized spacial score (nSPS) is 14.2. The van der Waals surface area contributed by atoms with Crippen LogP contribution in [0.4, 0.5) is 0 Å². The van der Waals surface area contributed by atoms with E-state index in [0.717, 1.165) is 19.1 Å². The fraction of sp³-hybridized carbons (Fsp3) is 0.727. The second-order valence-corrected chi connectivity index (χ2v) is 3.54. The lowest BCUT2D eigenvalue weighted by Crippen LogP contribution is -2.34. The third kappa shape index (κ3) is 4.42. The molecule has 0 spiro atoms. The van der Waals surface area contributed by atoms with Crippen LogP contribution in [0.1, 0.15) is 26.2 Å². The van der Waals surface area contributed by atoms with Crippen molar-refractivity contribution >= 4 is 6.29 Å². The van der Waals surface area contributed by atoms with Crippen LogP contribution in [0, 0.1) is 0 Å². The summed E-state index contributed by atoms with van der Waals surface area (Å²) in [5.41, 5.74) is 1.21. The number of allylic oxidation sites excluding steroid dienone is 1. The predicted molar refractivity (Wildman–Crippen MR) is 60.2 cm³/mol. The van der Waals surface area contributed by atoms with Crippen molar-refractivity contribution in [3.8, 4) is 0 Å². The van der Waals surface area contributed by atoms with Crippen molar-refractivity contribution in [2.24, 2.45) is 0 Å². The molecule has 0 heterocycles. The summed E-state index contributed by atoms with van der Waals surface area (Å²) in [6.07, 6.45) is 5.67. The van der Waals surface area contributed by atoms with Gasteiger partial charge in [0.05, 0.1) is 0 Å². The Morgan fingerprint density at radius 3 is 2.50 bits per heavy atom. The molecule has 0 saturated carbocycles. The van der Waals surface area contributed by atoms with Gasteiger partial charge in [0.25, 0.3) is 0 Å². The maximum absolute atomic E-state index is 10.3. The Morgan fingerprint density at radius 2 is 2.14 bits per heavy atom. The van der Waals surface area contributed by atoms with E-state index in [4.69, 9.17) is 0 Å². The summed E-state index contributed by atoms with van der Waals surface area (Å²) >= 11 is 0. The topological polar surface area (TPSA) is 32.3 Å². The highest BCUT2D eigenvalue weighted by Gasteiger charge is 2.14. The van der Waals surface area contributed by atoms with Crippen LogP contribution in [-0.4, -0.2) is 38.4 Å². The van der Waals surface area contributed by atoms with Gasteiger partial charge in [0.15, 0.2) is 0 Å². The number of likely N-dealkylation sites (N-methyl/N-ethyl adjacent to an activating group) is 2. The Balaban J connectivity index is 4.43. The van der Waals surface area contributed by atoms with Crippen LogP contribution in [0.3, 0.4) is 0 Å². The molecule has 1 atom stereocenters. The van der Waals surface area contributed by atoms with Gasteiger partial charge in [0.2, 0.25) is 0 Å². The number of nitrogens with one attached hydrogen (secondary N) is 1. The second-order valence-electron chi connectivity index (χ2n) is 3.54. The Hall–Kier alpha value is -0.830. The molecule has 0 aromatic carbocycles. The maximum atomic E-state index is 10.3. The Bertz CT molecular complexity index is 188. The molecule has 1 unspecified atom stereocenters. The fourth-order valence-corrected chi connectivity index (χ4v) is 1.54. The first kappa shape index (κ1) is 13.2. The predicted octanol–water partition coefficient (Wildman–Crippen LogP) is 1.41. The number of carbonyl (C=O) groups excluding carboxylic acids is 1. The molecule has 0 fully saturated rings. The fourth-order valence-electron chi connectivity index (χ4n) is 1.54. The first-order valence-electron chi connectivity index (χ1n) is 5.15. The third-order valence-electron chi connectivity index (χ3n) is 2.25. The summed E-state index contributed by atoms with van der Waals surface area (Å²) in [5, 5.41) is 3.20. The van der Waals surface area contributed by atoms with Crippen LogP contribution in [-0.2, 0) is 4.79 Å². The van der Waals surface area contributed by atoms with Crippen LogP contribution < -0.4 is 5.32 Å². The van der Waals surface area contributed by atoms with E-state index in [9.17, 15) is 4.79 Å². The Labute approximate surface area is 87.2 Å². The molecular weight excluding hydrogens is 176 g/mol. The largest absolute Gasteiger partial charge is 0.390 e. The van der Waals surface area contributed by atoms with E-state index in [0.29, 0.717) is 12.5 Å². The molecule has 0 rings (SSSR count). The van der Waals surface area contributed by atoms with E-state index in [1.807, 2.05) is 21.1 Å². The number of carbonyl (C=O) groups is 1. The smallest absolute Gasteiger partial charge is 0.120 e. The van der Waals surface area contributed by atoms with Crippen molar-refractivity contribution < 1.29 is 4.79 Å². The third-order valence-corrected chi connectivity index (χ3v) is 2.25. The molecule has 0 saturated heterocycles. The molecule has 0 radical (unpaired) electrons. The second kappa shape index (κ2) is 7.56. The lowest BCUT2D eigenvalue weighted by atomic mass is 10.1. The number of hydrogen-bond acceptors (Lipinski definition) is 3. The van der Waals surface area contributed by atoms with Crippen LogP contribution in [0.5, 0.6) is 0 Å². The summed E-state index contributed by atoms with van der Waals surface area (Å²) < 4.78 is 0. The Kier molecular flexibility index (Phi) is 7.11. The van der Waals surface area contributed by atoms with Gasteiger partial charge in [-0.1, -0.05) is 13.0 Å². The van der Waals surface area contributed by atoms with E-state index >= 15 is 0 Å². The van der Waals surface area contributed by atoms with E-state index < -0.39 is 0 Å². The minimum absolute atomic E-state index is 0.324. The summed E-state index contributed by atoms with van der Waals surface area (Å²) in [7, 11) is 6.01. The van der Waals surface area contributed by atoms with Gasteiger partial charge in [0.1, 0.15) is 6.29 Å². The van der Waals surface area contributed by atoms with E-state index in [-0.39, 0.29) is 0 Å². The summed E-state index contributed by atoms with van der Waals surface area (Å²) in [6.45, 7) is 2.11. The highest BCUT2D eigenvalue weighted by atomic mass is 16.1. The van der Waals surface area contributed by atoms with E-state index in [1.54, 1.807) is 0 Å². The quantitative estimate of drug-likeness (QED) is 0.628. The van der Waals surface area contributed by atoms with Crippen LogP contribution >= 0.6 is 0 Å². The minimum atomic E-state index is 0.324. The van der Waals surface area contributed by atoms with Gasteiger partial charge in [-0.2, -0.15) is 0 Å². The first-order chi connectivity index (χ1) is 6.67.